The average molecular weight is 275 g/mol. The molecule has 0 saturated heterocycles. The van der Waals surface area contributed by atoms with Crippen molar-refractivity contribution in [1.29, 1.82) is 0 Å². The van der Waals surface area contributed by atoms with Crippen LogP contribution in [0.1, 0.15) is 23.4 Å². The molecule has 3 rings (SSSR count). The van der Waals surface area contributed by atoms with Gasteiger partial charge in [-0.25, -0.2) is 0 Å². The summed E-state index contributed by atoms with van der Waals surface area (Å²) in [5, 5.41) is 5.63. The smallest absolute Gasteiger partial charge is 0.161 e. The number of rotatable bonds is 4. The molecular formula is C15H17NO2S. The summed E-state index contributed by atoms with van der Waals surface area (Å²) in [7, 11) is 0. The highest BCUT2D eigenvalue weighted by molar-refractivity contribution is 7.09. The molecule has 1 atom stereocenters. The van der Waals surface area contributed by atoms with Crippen LogP contribution in [0.3, 0.4) is 0 Å². The van der Waals surface area contributed by atoms with E-state index in [0.717, 1.165) is 18.0 Å². The molecule has 0 spiro atoms. The van der Waals surface area contributed by atoms with Gasteiger partial charge in [0.25, 0.3) is 0 Å². The van der Waals surface area contributed by atoms with Gasteiger partial charge in [0.2, 0.25) is 0 Å². The highest BCUT2D eigenvalue weighted by Gasteiger charge is 2.14. The second kappa shape index (κ2) is 5.63. The summed E-state index contributed by atoms with van der Waals surface area (Å²) in [6.07, 6.45) is 0. The molecule has 3 nitrogen and oxygen atoms in total. The molecule has 1 N–H and O–H groups in total. The van der Waals surface area contributed by atoms with Gasteiger partial charge in [0.1, 0.15) is 13.2 Å². The number of benzene rings is 1. The first-order valence-electron chi connectivity index (χ1n) is 6.48. The predicted octanol–water partition coefficient (Wildman–Crippen LogP) is 3.37. The van der Waals surface area contributed by atoms with Gasteiger partial charge in [-0.05, 0) is 36.1 Å². The monoisotopic (exact) mass is 275 g/mol. The molecule has 100 valence electrons. The molecule has 0 amide bonds. The Kier molecular flexibility index (Phi) is 3.71. The normalized spacial score (nSPS) is 15.2. The third kappa shape index (κ3) is 2.91. The molecule has 2 heterocycles. The Bertz CT molecular complexity index is 539. The lowest BCUT2D eigenvalue weighted by molar-refractivity contribution is 0.171. The maximum atomic E-state index is 5.61. The summed E-state index contributed by atoms with van der Waals surface area (Å²) in [6.45, 7) is 4.33. The van der Waals surface area contributed by atoms with E-state index < -0.39 is 0 Å². The zero-order valence-corrected chi connectivity index (χ0v) is 11.7. The second-order valence-corrected chi connectivity index (χ2v) is 5.62. The molecule has 19 heavy (non-hydrogen) atoms. The minimum absolute atomic E-state index is 0.290. The van der Waals surface area contributed by atoms with Crippen LogP contribution < -0.4 is 14.8 Å². The lowest BCUT2D eigenvalue weighted by Crippen LogP contribution is -2.19. The molecule has 2 aromatic rings. The molecule has 1 aromatic carbocycles. The van der Waals surface area contributed by atoms with Crippen LogP contribution in [0.15, 0.2) is 35.7 Å². The van der Waals surface area contributed by atoms with E-state index in [0.29, 0.717) is 13.2 Å². The lowest BCUT2D eigenvalue weighted by Gasteiger charge is -2.21. The average Bonchev–Trinajstić information content (AvgIpc) is 2.97. The molecule has 0 bridgehead atoms. The maximum Gasteiger partial charge on any atom is 0.161 e. The number of hydrogen-bond acceptors (Lipinski definition) is 4. The van der Waals surface area contributed by atoms with Gasteiger partial charge < -0.3 is 14.8 Å². The molecule has 0 saturated carbocycles. The Morgan fingerprint density at radius 3 is 2.84 bits per heavy atom. The first-order valence-corrected chi connectivity index (χ1v) is 7.36. The topological polar surface area (TPSA) is 30.5 Å². The quantitative estimate of drug-likeness (QED) is 0.928. The minimum atomic E-state index is 0.290. The molecule has 1 unspecified atom stereocenters. The van der Waals surface area contributed by atoms with E-state index in [1.165, 1.54) is 10.4 Å². The zero-order chi connectivity index (χ0) is 13.1. The fourth-order valence-corrected chi connectivity index (χ4v) is 2.77. The summed E-state index contributed by atoms with van der Waals surface area (Å²) < 4.78 is 11.1. The molecule has 0 radical (unpaired) electrons. The van der Waals surface area contributed by atoms with Crippen LogP contribution >= 0.6 is 11.3 Å². The van der Waals surface area contributed by atoms with Crippen molar-refractivity contribution in [3.8, 4) is 11.5 Å². The molecule has 1 aromatic heterocycles. The molecule has 4 heteroatoms. The summed E-state index contributed by atoms with van der Waals surface area (Å²) in [5.41, 5.74) is 1.22. The number of thiophene rings is 1. The second-order valence-electron chi connectivity index (χ2n) is 4.59. The Balaban J connectivity index is 1.67. The first kappa shape index (κ1) is 12.5. The Labute approximate surface area is 117 Å². The Hall–Kier alpha value is -1.52. The van der Waals surface area contributed by atoms with Gasteiger partial charge in [-0.3, -0.25) is 0 Å². The molecular weight excluding hydrogens is 258 g/mol. The lowest BCUT2D eigenvalue weighted by atomic mass is 10.1. The fraction of sp³-hybridized carbons (Fsp3) is 0.333. The van der Waals surface area contributed by atoms with Crippen molar-refractivity contribution >= 4 is 11.3 Å². The van der Waals surface area contributed by atoms with E-state index >= 15 is 0 Å². The van der Waals surface area contributed by atoms with E-state index in [9.17, 15) is 0 Å². The standard InChI is InChI=1S/C15H17NO2S/c1-11(16-10-13-3-2-8-19-13)12-4-5-14-15(9-12)18-7-6-17-14/h2-5,8-9,11,16H,6-7,10H2,1H3. The maximum absolute atomic E-state index is 5.61. The van der Waals surface area contributed by atoms with Gasteiger partial charge in [0.15, 0.2) is 11.5 Å². The Morgan fingerprint density at radius 2 is 2.05 bits per heavy atom. The summed E-state index contributed by atoms with van der Waals surface area (Å²) in [5.74, 6) is 1.70. The number of nitrogens with one attached hydrogen (secondary N) is 1. The molecule has 0 fully saturated rings. The predicted molar refractivity (Wildman–Crippen MR) is 77.0 cm³/mol. The van der Waals surface area contributed by atoms with E-state index in [1.807, 2.05) is 6.07 Å². The van der Waals surface area contributed by atoms with Crippen molar-refractivity contribution in [2.45, 2.75) is 19.5 Å². The summed E-state index contributed by atoms with van der Waals surface area (Å²) >= 11 is 1.78. The number of ether oxygens (including phenoxy) is 2. The van der Waals surface area contributed by atoms with Crippen molar-refractivity contribution in [3.05, 3.63) is 46.2 Å². The van der Waals surface area contributed by atoms with Gasteiger partial charge in [0.05, 0.1) is 0 Å². The van der Waals surface area contributed by atoms with E-state index in [-0.39, 0.29) is 6.04 Å². The van der Waals surface area contributed by atoms with Gasteiger partial charge in [-0.2, -0.15) is 0 Å². The van der Waals surface area contributed by atoms with E-state index in [1.54, 1.807) is 11.3 Å². The van der Waals surface area contributed by atoms with E-state index in [2.05, 4.69) is 41.9 Å². The number of fused-ring (bicyclic) bond motifs is 1. The van der Waals surface area contributed by atoms with Gasteiger partial charge in [-0.1, -0.05) is 12.1 Å². The van der Waals surface area contributed by atoms with Crippen molar-refractivity contribution in [2.24, 2.45) is 0 Å². The summed E-state index contributed by atoms with van der Waals surface area (Å²) in [6, 6.07) is 10.7. The van der Waals surface area contributed by atoms with Crippen LogP contribution in [0.5, 0.6) is 11.5 Å². The van der Waals surface area contributed by atoms with Gasteiger partial charge in [0, 0.05) is 17.5 Å². The molecule has 0 aliphatic carbocycles. The fourth-order valence-electron chi connectivity index (χ4n) is 2.11. The summed E-state index contributed by atoms with van der Waals surface area (Å²) in [4.78, 5) is 1.35. The van der Waals surface area contributed by atoms with Crippen molar-refractivity contribution in [1.82, 2.24) is 5.32 Å². The number of hydrogen-bond donors (Lipinski definition) is 1. The van der Waals surface area contributed by atoms with Crippen LogP contribution in [0.25, 0.3) is 0 Å². The van der Waals surface area contributed by atoms with Crippen LogP contribution in [-0.2, 0) is 6.54 Å². The third-order valence-corrected chi connectivity index (χ3v) is 4.11. The van der Waals surface area contributed by atoms with Crippen molar-refractivity contribution in [2.75, 3.05) is 13.2 Å². The van der Waals surface area contributed by atoms with Crippen molar-refractivity contribution < 1.29 is 9.47 Å². The Morgan fingerprint density at radius 1 is 1.21 bits per heavy atom. The van der Waals surface area contributed by atoms with Crippen molar-refractivity contribution in [3.63, 3.8) is 0 Å². The van der Waals surface area contributed by atoms with Crippen LogP contribution in [-0.4, -0.2) is 13.2 Å². The SMILES string of the molecule is CC(NCc1cccs1)c1ccc2c(c1)OCCO2. The van der Waals surface area contributed by atoms with Gasteiger partial charge in [-0.15, -0.1) is 11.3 Å². The first-order chi connectivity index (χ1) is 9.33. The minimum Gasteiger partial charge on any atom is -0.486 e. The van der Waals surface area contributed by atoms with E-state index in [4.69, 9.17) is 9.47 Å². The highest BCUT2D eigenvalue weighted by atomic mass is 32.1. The highest BCUT2D eigenvalue weighted by Crippen LogP contribution is 2.32. The van der Waals surface area contributed by atoms with Crippen LogP contribution in [0.2, 0.25) is 0 Å². The molecule has 1 aliphatic heterocycles. The molecule has 1 aliphatic rings. The van der Waals surface area contributed by atoms with Crippen LogP contribution in [0.4, 0.5) is 0 Å². The van der Waals surface area contributed by atoms with Gasteiger partial charge >= 0.3 is 0 Å². The third-order valence-electron chi connectivity index (χ3n) is 3.23. The largest absolute Gasteiger partial charge is 0.486 e. The zero-order valence-electron chi connectivity index (χ0n) is 10.9. The van der Waals surface area contributed by atoms with Crippen LogP contribution in [0, 0.1) is 0 Å².